The minimum atomic E-state index is -3.82. The van der Waals surface area contributed by atoms with Crippen LogP contribution in [0.15, 0.2) is 41.3 Å². The second kappa shape index (κ2) is 7.13. The van der Waals surface area contributed by atoms with Gasteiger partial charge in [-0.1, -0.05) is 26.0 Å². The molecule has 1 N–H and O–H groups in total. The van der Waals surface area contributed by atoms with Crippen LogP contribution in [-0.4, -0.2) is 22.6 Å². The number of anilines is 1. The number of sulfonamides is 1. The van der Waals surface area contributed by atoms with E-state index in [4.69, 9.17) is 9.47 Å². The average Bonchev–Trinajstić information content (AvgIpc) is 2.54. The Labute approximate surface area is 143 Å². The summed E-state index contributed by atoms with van der Waals surface area (Å²) in [6, 6.07) is 10.5. The lowest BCUT2D eigenvalue weighted by atomic mass is 10.0. The first-order valence-electron chi connectivity index (χ1n) is 7.64. The smallest absolute Gasteiger partial charge is 0.265 e. The second-order valence-corrected chi connectivity index (χ2v) is 7.53. The third kappa shape index (κ3) is 3.82. The summed E-state index contributed by atoms with van der Waals surface area (Å²) in [5.41, 5.74) is 2.25. The molecule has 0 aliphatic carbocycles. The van der Waals surface area contributed by atoms with Crippen molar-refractivity contribution in [1.29, 1.82) is 0 Å². The van der Waals surface area contributed by atoms with Gasteiger partial charge in [-0.05, 0) is 48.2 Å². The molecule has 0 heterocycles. The largest absolute Gasteiger partial charge is 0.495 e. The Balaban J connectivity index is 2.51. The van der Waals surface area contributed by atoms with Crippen LogP contribution >= 0.6 is 0 Å². The Morgan fingerprint density at radius 3 is 2.17 bits per heavy atom. The van der Waals surface area contributed by atoms with E-state index < -0.39 is 10.0 Å². The summed E-state index contributed by atoms with van der Waals surface area (Å²) < 4.78 is 38.9. The van der Waals surface area contributed by atoms with Crippen LogP contribution in [0, 0.1) is 6.92 Å². The third-order valence-electron chi connectivity index (χ3n) is 3.74. The highest BCUT2D eigenvalue weighted by molar-refractivity contribution is 7.92. The van der Waals surface area contributed by atoms with Crippen LogP contribution in [0.4, 0.5) is 5.69 Å². The first-order chi connectivity index (χ1) is 11.3. The van der Waals surface area contributed by atoms with Crippen molar-refractivity contribution in [3.63, 3.8) is 0 Å². The van der Waals surface area contributed by atoms with Gasteiger partial charge in [0.15, 0.2) is 0 Å². The molecule has 0 bridgehead atoms. The van der Waals surface area contributed by atoms with E-state index in [0.29, 0.717) is 17.2 Å². The number of aryl methyl sites for hydroxylation is 1. The molecule has 0 atom stereocenters. The van der Waals surface area contributed by atoms with Crippen LogP contribution in [0.5, 0.6) is 11.5 Å². The van der Waals surface area contributed by atoms with Gasteiger partial charge < -0.3 is 9.47 Å². The van der Waals surface area contributed by atoms with Gasteiger partial charge in [0.1, 0.15) is 16.4 Å². The summed E-state index contributed by atoms with van der Waals surface area (Å²) in [6.45, 7) is 5.90. The Morgan fingerprint density at radius 2 is 1.58 bits per heavy atom. The van der Waals surface area contributed by atoms with E-state index in [1.807, 2.05) is 32.9 Å². The van der Waals surface area contributed by atoms with Crippen LogP contribution in [0.2, 0.25) is 0 Å². The van der Waals surface area contributed by atoms with Gasteiger partial charge in [-0.25, -0.2) is 8.42 Å². The molecule has 0 saturated carbocycles. The maximum Gasteiger partial charge on any atom is 0.265 e. The first-order valence-corrected chi connectivity index (χ1v) is 9.12. The quantitative estimate of drug-likeness (QED) is 0.858. The minimum absolute atomic E-state index is 0.111. The Kier molecular flexibility index (Phi) is 5.39. The van der Waals surface area contributed by atoms with Gasteiger partial charge >= 0.3 is 0 Å². The highest BCUT2D eigenvalue weighted by Gasteiger charge is 2.22. The van der Waals surface area contributed by atoms with E-state index in [9.17, 15) is 8.42 Å². The Hall–Kier alpha value is -2.21. The standard InChI is InChI=1S/C18H23NO4S/c1-12(2)14-7-9-17(23-5)18(11-14)24(20,21)19-15-10-13(3)6-8-16(15)22-4/h6-12,19H,1-5H3. The fourth-order valence-corrected chi connectivity index (χ4v) is 3.63. The van der Waals surface area contributed by atoms with Crippen LogP contribution < -0.4 is 14.2 Å². The van der Waals surface area contributed by atoms with Crippen molar-refractivity contribution in [1.82, 2.24) is 0 Å². The number of hydrogen-bond donors (Lipinski definition) is 1. The van der Waals surface area contributed by atoms with E-state index in [1.165, 1.54) is 14.2 Å². The van der Waals surface area contributed by atoms with Crippen LogP contribution in [0.25, 0.3) is 0 Å². The Bertz CT molecular complexity index is 829. The molecule has 24 heavy (non-hydrogen) atoms. The van der Waals surface area contributed by atoms with Crippen molar-refractivity contribution in [3.8, 4) is 11.5 Å². The van der Waals surface area contributed by atoms with Crippen molar-refractivity contribution >= 4 is 15.7 Å². The lowest BCUT2D eigenvalue weighted by Crippen LogP contribution is -2.15. The maximum absolute atomic E-state index is 12.9. The molecular formula is C18H23NO4S. The summed E-state index contributed by atoms with van der Waals surface area (Å²) in [7, 11) is -0.859. The normalized spacial score (nSPS) is 11.4. The van der Waals surface area contributed by atoms with Gasteiger partial charge in [0.05, 0.1) is 19.9 Å². The van der Waals surface area contributed by atoms with Crippen molar-refractivity contribution in [2.75, 3.05) is 18.9 Å². The molecule has 5 nitrogen and oxygen atoms in total. The molecule has 0 amide bonds. The van der Waals surface area contributed by atoms with Crippen LogP contribution in [0.1, 0.15) is 30.9 Å². The van der Waals surface area contributed by atoms with Gasteiger partial charge in [-0.15, -0.1) is 0 Å². The first kappa shape index (κ1) is 18.1. The molecule has 2 aromatic rings. The zero-order valence-electron chi connectivity index (χ0n) is 14.6. The molecule has 0 radical (unpaired) electrons. The van der Waals surface area contributed by atoms with Crippen molar-refractivity contribution in [3.05, 3.63) is 47.5 Å². The SMILES string of the molecule is COc1ccc(C)cc1NS(=O)(=O)c1cc(C(C)C)ccc1OC. The predicted octanol–water partition coefficient (Wildman–Crippen LogP) is 3.94. The van der Waals surface area contributed by atoms with E-state index in [2.05, 4.69) is 4.72 Å². The van der Waals surface area contributed by atoms with Crippen molar-refractivity contribution in [2.24, 2.45) is 0 Å². The second-order valence-electron chi connectivity index (χ2n) is 5.87. The summed E-state index contributed by atoms with van der Waals surface area (Å²) >= 11 is 0. The molecule has 2 aromatic carbocycles. The average molecular weight is 349 g/mol. The maximum atomic E-state index is 12.9. The van der Waals surface area contributed by atoms with Crippen LogP contribution in [-0.2, 0) is 10.0 Å². The van der Waals surface area contributed by atoms with E-state index >= 15 is 0 Å². The summed E-state index contributed by atoms with van der Waals surface area (Å²) in [4.78, 5) is 0.111. The van der Waals surface area contributed by atoms with E-state index in [-0.39, 0.29) is 10.8 Å². The summed E-state index contributed by atoms with van der Waals surface area (Å²) in [5.74, 6) is 0.972. The lowest BCUT2D eigenvalue weighted by Gasteiger charge is -2.16. The molecule has 0 aromatic heterocycles. The van der Waals surface area contributed by atoms with Gasteiger partial charge in [0.25, 0.3) is 10.0 Å². The van der Waals surface area contributed by atoms with Crippen molar-refractivity contribution < 1.29 is 17.9 Å². The zero-order chi connectivity index (χ0) is 17.9. The molecule has 6 heteroatoms. The summed E-state index contributed by atoms with van der Waals surface area (Å²) in [6.07, 6.45) is 0. The zero-order valence-corrected chi connectivity index (χ0v) is 15.4. The number of hydrogen-bond acceptors (Lipinski definition) is 4. The molecule has 0 aliphatic rings. The number of nitrogens with one attached hydrogen (secondary N) is 1. The molecular weight excluding hydrogens is 326 g/mol. The van der Waals surface area contributed by atoms with Gasteiger partial charge in [-0.3, -0.25) is 4.72 Å². The molecule has 0 unspecified atom stereocenters. The molecule has 0 aliphatic heterocycles. The minimum Gasteiger partial charge on any atom is -0.495 e. The number of rotatable bonds is 6. The highest BCUT2D eigenvalue weighted by Crippen LogP contribution is 2.32. The third-order valence-corrected chi connectivity index (χ3v) is 5.13. The fraction of sp³-hybridized carbons (Fsp3) is 0.333. The number of benzene rings is 2. The predicted molar refractivity (Wildman–Crippen MR) is 95.6 cm³/mol. The van der Waals surface area contributed by atoms with Gasteiger partial charge in [0.2, 0.25) is 0 Å². The highest BCUT2D eigenvalue weighted by atomic mass is 32.2. The van der Waals surface area contributed by atoms with Crippen molar-refractivity contribution in [2.45, 2.75) is 31.6 Å². The Morgan fingerprint density at radius 1 is 0.958 bits per heavy atom. The molecule has 2 rings (SSSR count). The lowest BCUT2D eigenvalue weighted by molar-refractivity contribution is 0.402. The van der Waals surface area contributed by atoms with Crippen LogP contribution in [0.3, 0.4) is 0 Å². The fourth-order valence-electron chi connectivity index (χ4n) is 2.36. The topological polar surface area (TPSA) is 64.6 Å². The number of methoxy groups -OCH3 is 2. The molecule has 0 fully saturated rings. The van der Waals surface area contributed by atoms with Gasteiger partial charge in [-0.2, -0.15) is 0 Å². The van der Waals surface area contributed by atoms with Gasteiger partial charge in [0, 0.05) is 0 Å². The van der Waals surface area contributed by atoms with E-state index in [0.717, 1.165) is 11.1 Å². The molecule has 130 valence electrons. The number of ether oxygens (including phenoxy) is 2. The van der Waals surface area contributed by atoms with E-state index in [1.54, 1.807) is 24.3 Å². The monoisotopic (exact) mass is 349 g/mol. The summed E-state index contributed by atoms with van der Waals surface area (Å²) in [5, 5.41) is 0. The molecule has 0 spiro atoms. The molecule has 0 saturated heterocycles.